The van der Waals surface area contributed by atoms with Gasteiger partial charge in [0, 0.05) is 22.8 Å². The Morgan fingerprint density at radius 3 is 2.23 bits per heavy atom. The van der Waals surface area contributed by atoms with Crippen LogP contribution in [0, 0.1) is 0 Å². The average Bonchev–Trinajstić information content (AvgIpc) is 2.85. The van der Waals surface area contributed by atoms with Crippen molar-refractivity contribution in [2.24, 2.45) is 0 Å². The molecule has 0 spiro atoms. The molecule has 0 bridgehead atoms. The smallest absolute Gasteiger partial charge is 0.330 e. The van der Waals surface area contributed by atoms with E-state index in [4.69, 9.17) is 11.6 Å². The number of nitrogens with one attached hydrogen (secondary N) is 1. The van der Waals surface area contributed by atoms with Gasteiger partial charge in [-0.25, -0.2) is 9.59 Å². The van der Waals surface area contributed by atoms with Gasteiger partial charge < -0.3 is 10.1 Å². The number of methoxy groups -OCH3 is 1. The van der Waals surface area contributed by atoms with Crippen molar-refractivity contribution in [3.05, 3.63) is 106 Å². The topological polar surface area (TPSA) is 58.6 Å². The van der Waals surface area contributed by atoms with Crippen molar-refractivity contribution in [1.29, 1.82) is 0 Å². The number of nitrogens with zero attached hydrogens (tertiary/aromatic N) is 1. The second-order valence-electron chi connectivity index (χ2n) is 8.27. The lowest BCUT2D eigenvalue weighted by atomic mass is 10.1. The van der Waals surface area contributed by atoms with Gasteiger partial charge in [0.2, 0.25) is 0 Å². The molecule has 0 heterocycles. The maximum absolute atomic E-state index is 13.0. The lowest BCUT2D eigenvalue weighted by Crippen LogP contribution is -2.42. The molecule has 3 aromatic rings. The fraction of sp³-hybridized carbons (Fsp3) is 0.172. The van der Waals surface area contributed by atoms with E-state index in [9.17, 15) is 9.59 Å². The normalized spacial score (nSPS) is 11.2. The Morgan fingerprint density at radius 1 is 0.914 bits per heavy atom. The number of benzene rings is 3. The molecule has 0 fully saturated rings. The van der Waals surface area contributed by atoms with Crippen molar-refractivity contribution in [1.82, 2.24) is 5.32 Å². The molecule has 3 rings (SSSR count). The number of halogens is 1. The maximum atomic E-state index is 13.0. The first kappa shape index (κ1) is 25.8. The first-order chi connectivity index (χ1) is 16.8. The molecule has 0 unspecified atom stereocenters. The molecule has 180 valence electrons. The van der Waals surface area contributed by atoms with Crippen LogP contribution < -0.4 is 10.2 Å². The number of esters is 1. The quantitative estimate of drug-likeness (QED) is 0.215. The van der Waals surface area contributed by atoms with Gasteiger partial charge in [0.25, 0.3) is 0 Å². The predicted octanol–water partition coefficient (Wildman–Crippen LogP) is 6.82. The minimum Gasteiger partial charge on any atom is -0.466 e. The largest absolute Gasteiger partial charge is 0.466 e. The van der Waals surface area contributed by atoms with E-state index in [0.717, 1.165) is 27.9 Å². The zero-order valence-electron chi connectivity index (χ0n) is 20.1. The fourth-order valence-electron chi connectivity index (χ4n) is 3.35. The molecule has 0 radical (unpaired) electrons. The van der Waals surface area contributed by atoms with Crippen LogP contribution in [0.1, 0.15) is 36.1 Å². The lowest BCUT2D eigenvalue weighted by Gasteiger charge is -2.25. The van der Waals surface area contributed by atoms with Crippen LogP contribution >= 0.6 is 11.6 Å². The van der Waals surface area contributed by atoms with Crippen LogP contribution in [0.25, 0.3) is 18.2 Å². The van der Waals surface area contributed by atoms with Crippen molar-refractivity contribution in [3.63, 3.8) is 0 Å². The molecule has 3 aromatic carbocycles. The summed E-state index contributed by atoms with van der Waals surface area (Å²) in [4.78, 5) is 26.2. The Hall–Kier alpha value is -3.83. The molecule has 35 heavy (non-hydrogen) atoms. The summed E-state index contributed by atoms with van der Waals surface area (Å²) in [5.74, 6) is -0.436. The summed E-state index contributed by atoms with van der Waals surface area (Å²) >= 11 is 6.06. The molecule has 6 heteroatoms. The number of rotatable bonds is 8. The third-order valence-electron chi connectivity index (χ3n) is 5.09. The predicted molar refractivity (Wildman–Crippen MR) is 144 cm³/mol. The Balaban J connectivity index is 1.80. The van der Waals surface area contributed by atoms with E-state index in [1.165, 1.54) is 13.2 Å². The molecular formula is C29H29ClN2O3. The Morgan fingerprint density at radius 2 is 1.57 bits per heavy atom. The zero-order valence-corrected chi connectivity index (χ0v) is 20.8. The van der Waals surface area contributed by atoms with Crippen LogP contribution in [0.15, 0.2) is 78.9 Å². The first-order valence-corrected chi connectivity index (χ1v) is 11.7. The third-order valence-corrected chi connectivity index (χ3v) is 5.32. The molecule has 2 amide bonds. The van der Waals surface area contributed by atoms with Crippen LogP contribution in [0.4, 0.5) is 10.5 Å². The molecule has 0 atom stereocenters. The summed E-state index contributed by atoms with van der Waals surface area (Å²) in [7, 11) is 1.33. The standard InChI is InChI=1S/C29H29ClN2O3/c1-21(2)31-29(34)32(27-9-5-7-24(19-27)16-17-28(33)35-3)20-25-14-11-22(12-15-25)10-13-23-6-4-8-26(30)18-23/h4-19,21H,20H2,1-3H3,(H,31,34)/b13-10+,17-16+. The van der Waals surface area contributed by atoms with Crippen LogP contribution in [-0.2, 0) is 16.1 Å². The van der Waals surface area contributed by atoms with Crippen molar-refractivity contribution in [3.8, 4) is 0 Å². The Labute approximate surface area is 211 Å². The molecule has 5 nitrogen and oxygen atoms in total. The van der Waals surface area contributed by atoms with E-state index in [1.54, 1.807) is 11.0 Å². The highest BCUT2D eigenvalue weighted by Crippen LogP contribution is 2.21. The van der Waals surface area contributed by atoms with Crippen molar-refractivity contribution < 1.29 is 14.3 Å². The van der Waals surface area contributed by atoms with Crippen LogP contribution in [-0.4, -0.2) is 25.2 Å². The monoisotopic (exact) mass is 488 g/mol. The van der Waals surface area contributed by atoms with Crippen LogP contribution in [0.3, 0.4) is 0 Å². The molecule has 0 aliphatic carbocycles. The van der Waals surface area contributed by atoms with Crippen molar-refractivity contribution >= 4 is 47.5 Å². The summed E-state index contributed by atoms with van der Waals surface area (Å²) in [6, 6.07) is 23.0. The fourth-order valence-corrected chi connectivity index (χ4v) is 3.55. The van der Waals surface area contributed by atoms with Crippen molar-refractivity contribution in [2.45, 2.75) is 26.4 Å². The summed E-state index contributed by atoms with van der Waals surface area (Å²) < 4.78 is 4.66. The van der Waals surface area contributed by atoms with Gasteiger partial charge in [-0.05, 0) is 66.4 Å². The molecule has 0 aromatic heterocycles. The van der Waals surface area contributed by atoms with Gasteiger partial charge in [-0.1, -0.05) is 72.3 Å². The molecule has 1 N–H and O–H groups in total. The number of anilines is 1. The van der Waals surface area contributed by atoms with E-state index in [1.807, 2.05) is 98.8 Å². The van der Waals surface area contributed by atoms with Crippen LogP contribution in [0.5, 0.6) is 0 Å². The SMILES string of the molecule is COC(=O)/C=C/c1cccc(N(Cc2ccc(/C=C/c3cccc(Cl)c3)cc2)C(=O)NC(C)C)c1. The third kappa shape index (κ3) is 8.16. The van der Waals surface area contributed by atoms with Gasteiger partial charge in [0.05, 0.1) is 13.7 Å². The zero-order chi connectivity index (χ0) is 25.2. The first-order valence-electron chi connectivity index (χ1n) is 11.3. The number of hydrogen-bond acceptors (Lipinski definition) is 3. The van der Waals surface area contributed by atoms with E-state index >= 15 is 0 Å². The second kappa shape index (κ2) is 12.6. The number of carbonyl (C=O) groups is 2. The van der Waals surface area contributed by atoms with Gasteiger partial charge in [0.1, 0.15) is 0 Å². The van der Waals surface area contributed by atoms with Gasteiger partial charge in [0.15, 0.2) is 0 Å². The van der Waals surface area contributed by atoms with Gasteiger partial charge in [-0.15, -0.1) is 0 Å². The van der Waals surface area contributed by atoms with Gasteiger partial charge in [-0.2, -0.15) is 0 Å². The van der Waals surface area contributed by atoms with Gasteiger partial charge in [-0.3, -0.25) is 4.90 Å². The maximum Gasteiger partial charge on any atom is 0.330 e. The van der Waals surface area contributed by atoms with E-state index in [-0.39, 0.29) is 12.1 Å². The average molecular weight is 489 g/mol. The number of amides is 2. The van der Waals surface area contributed by atoms with Crippen LogP contribution in [0.2, 0.25) is 5.02 Å². The van der Waals surface area contributed by atoms with E-state index in [2.05, 4.69) is 10.1 Å². The molecule has 0 aliphatic rings. The summed E-state index contributed by atoms with van der Waals surface area (Å²) in [5.41, 5.74) is 4.57. The highest BCUT2D eigenvalue weighted by molar-refractivity contribution is 6.30. The number of ether oxygens (including phenoxy) is 1. The molecule has 0 saturated heterocycles. The second-order valence-corrected chi connectivity index (χ2v) is 8.71. The Kier molecular flexibility index (Phi) is 9.27. The van der Waals surface area contributed by atoms with E-state index < -0.39 is 5.97 Å². The Bertz CT molecular complexity index is 1220. The number of urea groups is 1. The molecule has 0 saturated carbocycles. The number of carbonyl (C=O) groups excluding carboxylic acids is 2. The highest BCUT2D eigenvalue weighted by atomic mass is 35.5. The highest BCUT2D eigenvalue weighted by Gasteiger charge is 2.17. The molecule has 0 aliphatic heterocycles. The summed E-state index contributed by atoms with van der Waals surface area (Å²) in [6.07, 6.45) is 7.05. The van der Waals surface area contributed by atoms with E-state index in [0.29, 0.717) is 11.6 Å². The minimum absolute atomic E-state index is 0.00796. The lowest BCUT2D eigenvalue weighted by molar-refractivity contribution is -0.134. The molecular weight excluding hydrogens is 460 g/mol. The summed E-state index contributed by atoms with van der Waals surface area (Å²) in [6.45, 7) is 4.24. The number of hydrogen-bond donors (Lipinski definition) is 1. The van der Waals surface area contributed by atoms with Crippen molar-refractivity contribution in [2.75, 3.05) is 12.0 Å². The minimum atomic E-state index is -0.436. The van der Waals surface area contributed by atoms with Gasteiger partial charge >= 0.3 is 12.0 Å². The summed E-state index contributed by atoms with van der Waals surface area (Å²) in [5, 5.41) is 3.67.